The molecule has 0 saturated heterocycles. The maximum Gasteiger partial charge on any atom is 0.303 e. The summed E-state index contributed by atoms with van der Waals surface area (Å²) in [5, 5.41) is 8.64. The number of carbonyl (C=O) groups is 1. The van der Waals surface area contributed by atoms with Crippen molar-refractivity contribution in [3.05, 3.63) is 29.3 Å². The van der Waals surface area contributed by atoms with Crippen LogP contribution in [-0.2, 0) is 11.2 Å². The van der Waals surface area contributed by atoms with Gasteiger partial charge in [-0.3, -0.25) is 4.79 Å². The summed E-state index contributed by atoms with van der Waals surface area (Å²) in [4.78, 5) is 10.5. The summed E-state index contributed by atoms with van der Waals surface area (Å²) in [6, 6.07) is 5.98. The van der Waals surface area contributed by atoms with Gasteiger partial charge in [0.25, 0.3) is 0 Å². The Morgan fingerprint density at radius 1 is 1.44 bits per heavy atom. The van der Waals surface area contributed by atoms with Crippen molar-refractivity contribution in [3.63, 3.8) is 0 Å². The number of aryl methyl sites for hydroxylation is 1. The van der Waals surface area contributed by atoms with Crippen LogP contribution in [0.4, 0.5) is 0 Å². The Hall–Kier alpha value is -1.51. The fourth-order valence-corrected chi connectivity index (χ4v) is 1.57. The van der Waals surface area contributed by atoms with Crippen LogP contribution in [0.25, 0.3) is 0 Å². The van der Waals surface area contributed by atoms with Crippen LogP contribution in [0.5, 0.6) is 5.75 Å². The highest BCUT2D eigenvalue weighted by atomic mass is 16.5. The number of rotatable bonds is 5. The van der Waals surface area contributed by atoms with Crippen LogP contribution < -0.4 is 4.74 Å². The number of carboxylic acids is 1. The lowest BCUT2D eigenvalue weighted by molar-refractivity contribution is -0.136. The third-order valence-corrected chi connectivity index (χ3v) is 2.59. The molecule has 3 heteroatoms. The van der Waals surface area contributed by atoms with Crippen molar-refractivity contribution in [2.45, 2.75) is 32.6 Å². The maximum atomic E-state index is 10.5. The molecule has 0 fully saturated rings. The molecule has 0 aliphatic carbocycles. The molecule has 16 heavy (non-hydrogen) atoms. The fraction of sp³-hybridized carbons (Fsp3) is 0.462. The predicted molar refractivity (Wildman–Crippen MR) is 63.0 cm³/mol. The second kappa shape index (κ2) is 5.54. The van der Waals surface area contributed by atoms with Crippen LogP contribution in [0.3, 0.4) is 0 Å². The maximum absolute atomic E-state index is 10.5. The topological polar surface area (TPSA) is 46.5 Å². The minimum absolute atomic E-state index is 0.136. The largest absolute Gasteiger partial charge is 0.496 e. The standard InChI is InChI=1S/C13H18O3/c1-9(2)11-5-4-10(6-7-13(14)15)12(8-11)16-3/h4-5,8-9H,6-7H2,1-3H3,(H,14,15). The van der Waals surface area contributed by atoms with E-state index >= 15 is 0 Å². The molecular weight excluding hydrogens is 204 g/mol. The molecule has 0 radical (unpaired) electrons. The Morgan fingerprint density at radius 2 is 2.12 bits per heavy atom. The highest BCUT2D eigenvalue weighted by molar-refractivity contribution is 5.67. The monoisotopic (exact) mass is 222 g/mol. The minimum atomic E-state index is -0.782. The minimum Gasteiger partial charge on any atom is -0.496 e. The molecule has 0 unspecified atom stereocenters. The quantitative estimate of drug-likeness (QED) is 0.833. The van der Waals surface area contributed by atoms with Crippen molar-refractivity contribution in [1.29, 1.82) is 0 Å². The molecule has 1 aromatic rings. The molecule has 3 nitrogen and oxygen atoms in total. The van der Waals surface area contributed by atoms with Gasteiger partial charge in [-0.15, -0.1) is 0 Å². The van der Waals surface area contributed by atoms with Crippen LogP contribution in [0, 0.1) is 0 Å². The molecule has 0 spiro atoms. The van der Waals surface area contributed by atoms with E-state index in [0.29, 0.717) is 12.3 Å². The summed E-state index contributed by atoms with van der Waals surface area (Å²) in [5.41, 5.74) is 2.16. The van der Waals surface area contributed by atoms with Crippen LogP contribution in [0.2, 0.25) is 0 Å². The molecule has 0 saturated carbocycles. The molecule has 0 heterocycles. The van der Waals surface area contributed by atoms with Gasteiger partial charge in [-0.2, -0.15) is 0 Å². The van der Waals surface area contributed by atoms with E-state index in [-0.39, 0.29) is 6.42 Å². The summed E-state index contributed by atoms with van der Waals surface area (Å²) >= 11 is 0. The van der Waals surface area contributed by atoms with Gasteiger partial charge in [0, 0.05) is 6.42 Å². The van der Waals surface area contributed by atoms with E-state index in [1.54, 1.807) is 7.11 Å². The Bertz CT molecular complexity index is 369. The predicted octanol–water partition coefficient (Wildman–Crippen LogP) is 2.84. The Labute approximate surface area is 96.1 Å². The summed E-state index contributed by atoms with van der Waals surface area (Å²) in [7, 11) is 1.61. The van der Waals surface area contributed by atoms with Crippen LogP contribution in [0.1, 0.15) is 37.3 Å². The average molecular weight is 222 g/mol. The van der Waals surface area contributed by atoms with Crippen LogP contribution >= 0.6 is 0 Å². The first-order chi connectivity index (χ1) is 7.54. The molecule has 0 bridgehead atoms. The van der Waals surface area contributed by atoms with E-state index in [0.717, 1.165) is 11.3 Å². The molecule has 0 amide bonds. The number of aliphatic carboxylic acids is 1. The number of benzene rings is 1. The molecule has 0 aromatic heterocycles. The van der Waals surface area contributed by atoms with Crippen molar-refractivity contribution in [3.8, 4) is 5.75 Å². The zero-order chi connectivity index (χ0) is 12.1. The number of ether oxygens (including phenoxy) is 1. The van der Waals surface area contributed by atoms with Gasteiger partial charge in [0.2, 0.25) is 0 Å². The number of carboxylic acid groups (broad SMARTS) is 1. The highest BCUT2D eigenvalue weighted by Gasteiger charge is 2.08. The summed E-state index contributed by atoms with van der Waals surface area (Å²) in [6.07, 6.45) is 0.647. The molecule has 1 rings (SSSR count). The van der Waals surface area contributed by atoms with Gasteiger partial charge >= 0.3 is 5.97 Å². The Kier molecular flexibility index (Phi) is 4.35. The zero-order valence-corrected chi connectivity index (χ0v) is 9.99. The molecule has 0 aliphatic heterocycles. The Balaban J connectivity index is 2.88. The summed E-state index contributed by atoms with van der Waals surface area (Å²) in [6.45, 7) is 4.23. The first kappa shape index (κ1) is 12.6. The first-order valence-corrected chi connectivity index (χ1v) is 5.43. The van der Waals surface area contributed by atoms with E-state index in [2.05, 4.69) is 13.8 Å². The van der Waals surface area contributed by atoms with Crippen LogP contribution in [0.15, 0.2) is 18.2 Å². The number of methoxy groups -OCH3 is 1. The molecular formula is C13H18O3. The van der Waals surface area contributed by atoms with Crippen molar-refractivity contribution in [1.82, 2.24) is 0 Å². The molecule has 1 N–H and O–H groups in total. The van der Waals surface area contributed by atoms with Gasteiger partial charge in [-0.25, -0.2) is 0 Å². The Morgan fingerprint density at radius 3 is 2.62 bits per heavy atom. The summed E-state index contributed by atoms with van der Waals surface area (Å²) in [5.74, 6) is 0.449. The van der Waals surface area contributed by atoms with Gasteiger partial charge in [-0.05, 0) is 29.5 Å². The SMILES string of the molecule is COc1cc(C(C)C)ccc1CCC(=O)O. The average Bonchev–Trinajstić information content (AvgIpc) is 2.25. The van der Waals surface area contributed by atoms with Gasteiger partial charge in [-0.1, -0.05) is 26.0 Å². The highest BCUT2D eigenvalue weighted by Crippen LogP contribution is 2.25. The first-order valence-electron chi connectivity index (χ1n) is 5.43. The normalized spacial score (nSPS) is 10.5. The third-order valence-electron chi connectivity index (χ3n) is 2.59. The molecule has 0 atom stereocenters. The van der Waals surface area contributed by atoms with E-state index < -0.39 is 5.97 Å². The van der Waals surface area contributed by atoms with E-state index in [1.807, 2.05) is 18.2 Å². The fourth-order valence-electron chi connectivity index (χ4n) is 1.57. The smallest absolute Gasteiger partial charge is 0.303 e. The van der Waals surface area contributed by atoms with Crippen molar-refractivity contribution >= 4 is 5.97 Å². The number of hydrogen-bond donors (Lipinski definition) is 1. The van der Waals surface area contributed by atoms with E-state index in [4.69, 9.17) is 9.84 Å². The van der Waals surface area contributed by atoms with Crippen molar-refractivity contribution in [2.75, 3.05) is 7.11 Å². The molecule has 88 valence electrons. The van der Waals surface area contributed by atoms with E-state index in [9.17, 15) is 4.79 Å². The van der Waals surface area contributed by atoms with Crippen LogP contribution in [-0.4, -0.2) is 18.2 Å². The van der Waals surface area contributed by atoms with E-state index in [1.165, 1.54) is 5.56 Å². The molecule has 0 aliphatic rings. The van der Waals surface area contributed by atoms with Gasteiger partial charge in [0.05, 0.1) is 7.11 Å². The second-order valence-electron chi connectivity index (χ2n) is 4.12. The lowest BCUT2D eigenvalue weighted by Crippen LogP contribution is -2.00. The van der Waals surface area contributed by atoms with Gasteiger partial charge in [0.1, 0.15) is 5.75 Å². The third kappa shape index (κ3) is 3.26. The molecule has 1 aromatic carbocycles. The van der Waals surface area contributed by atoms with Gasteiger partial charge < -0.3 is 9.84 Å². The van der Waals surface area contributed by atoms with Crippen molar-refractivity contribution in [2.24, 2.45) is 0 Å². The van der Waals surface area contributed by atoms with Crippen molar-refractivity contribution < 1.29 is 14.6 Å². The lowest BCUT2D eigenvalue weighted by atomic mass is 9.99. The summed E-state index contributed by atoms with van der Waals surface area (Å²) < 4.78 is 5.28. The second-order valence-corrected chi connectivity index (χ2v) is 4.12. The van der Waals surface area contributed by atoms with Gasteiger partial charge in [0.15, 0.2) is 0 Å². The lowest BCUT2D eigenvalue weighted by Gasteiger charge is -2.11. The zero-order valence-electron chi connectivity index (χ0n) is 9.99. The number of hydrogen-bond acceptors (Lipinski definition) is 2.